The predicted molar refractivity (Wildman–Crippen MR) is 179 cm³/mol. The van der Waals surface area contributed by atoms with Crippen molar-refractivity contribution in [1.29, 1.82) is 0 Å². The van der Waals surface area contributed by atoms with E-state index in [9.17, 15) is 4.79 Å². The van der Waals surface area contributed by atoms with Gasteiger partial charge in [0.2, 0.25) is 11.9 Å². The van der Waals surface area contributed by atoms with Gasteiger partial charge in [0, 0.05) is 60.8 Å². The Balaban J connectivity index is 1.39. The van der Waals surface area contributed by atoms with Crippen molar-refractivity contribution in [2.75, 3.05) is 59.4 Å². The van der Waals surface area contributed by atoms with Crippen LogP contribution in [0.1, 0.15) is 11.1 Å². The normalized spacial score (nSPS) is 13.2. The molecule has 9 nitrogen and oxygen atoms in total. The highest BCUT2D eigenvalue weighted by molar-refractivity contribution is 6.33. The van der Waals surface area contributed by atoms with Crippen LogP contribution in [0.5, 0.6) is 0 Å². The number of nitrogens with zero attached hydrogens (tertiary/aromatic N) is 4. The van der Waals surface area contributed by atoms with E-state index in [0.29, 0.717) is 33.7 Å². The molecule has 10 heteroatoms. The van der Waals surface area contributed by atoms with Crippen molar-refractivity contribution >= 4 is 63.4 Å². The molecule has 0 spiro atoms. The maximum Gasteiger partial charge on any atom is 0.247 e. The molecule has 1 aliphatic rings. The van der Waals surface area contributed by atoms with Crippen LogP contribution in [0.2, 0.25) is 5.02 Å². The van der Waals surface area contributed by atoms with Crippen LogP contribution < -0.4 is 26.2 Å². The molecule has 4 aromatic rings. The number of hydrogen-bond acceptors (Lipinski definition) is 8. The third-order valence-electron chi connectivity index (χ3n) is 7.20. The van der Waals surface area contributed by atoms with Gasteiger partial charge in [-0.15, -0.1) is 0 Å². The smallest absolute Gasteiger partial charge is 0.247 e. The maximum atomic E-state index is 11.7. The van der Waals surface area contributed by atoms with E-state index in [1.807, 2.05) is 49.4 Å². The number of para-hydroxylation sites is 1. The fraction of sp³-hybridized carbons (Fsp3) is 0.182. The molecule has 1 aromatic heterocycles. The van der Waals surface area contributed by atoms with E-state index in [1.165, 1.54) is 11.8 Å². The standard InChI is InChI=1S/C33H35ClN8O/c1-5-30(43)37-24-9-11-25(12-10-24)38-32-28(23(3)36-31-22(2)7-6-8-29(31)34)21-35-33(40-32)39-26-13-15-27(16-14-26)42-19-17-41(4)18-20-42/h5-16,21,36H,1,3,17-20H2,2,4H3,(H,37,43)(H2,35,38,39,40). The third kappa shape index (κ3) is 7.51. The molecule has 1 fully saturated rings. The first-order chi connectivity index (χ1) is 20.8. The molecule has 0 saturated carbocycles. The Bertz CT molecular complexity index is 1590. The molecular weight excluding hydrogens is 560 g/mol. The van der Waals surface area contributed by atoms with Crippen molar-refractivity contribution in [2.24, 2.45) is 0 Å². The molecule has 1 amide bonds. The van der Waals surface area contributed by atoms with Crippen molar-refractivity contribution in [2.45, 2.75) is 6.92 Å². The number of halogens is 1. The van der Waals surface area contributed by atoms with Gasteiger partial charge in [0.25, 0.3) is 0 Å². The van der Waals surface area contributed by atoms with Crippen molar-refractivity contribution in [3.63, 3.8) is 0 Å². The second kappa shape index (κ2) is 13.4. The number of nitrogens with one attached hydrogen (secondary N) is 4. The summed E-state index contributed by atoms with van der Waals surface area (Å²) in [7, 11) is 2.15. The largest absolute Gasteiger partial charge is 0.369 e. The highest BCUT2D eigenvalue weighted by Crippen LogP contribution is 2.32. The van der Waals surface area contributed by atoms with Gasteiger partial charge in [-0.2, -0.15) is 4.98 Å². The van der Waals surface area contributed by atoms with Gasteiger partial charge in [-0.05, 0) is 80.2 Å². The van der Waals surface area contributed by atoms with Gasteiger partial charge in [-0.1, -0.05) is 36.9 Å². The summed E-state index contributed by atoms with van der Waals surface area (Å²) in [5.41, 5.74) is 6.49. The molecule has 0 bridgehead atoms. The number of likely N-dealkylation sites (N-methyl/N-ethyl adjacent to an activating group) is 1. The average Bonchev–Trinajstić information content (AvgIpc) is 3.01. The Hall–Kier alpha value is -4.86. The lowest BCUT2D eigenvalue weighted by atomic mass is 10.1. The number of piperazine rings is 1. The molecule has 1 aliphatic heterocycles. The summed E-state index contributed by atoms with van der Waals surface area (Å²) in [6.45, 7) is 13.9. The molecular formula is C33H35ClN8O. The number of carbonyl (C=O) groups is 1. The average molecular weight is 595 g/mol. The van der Waals surface area contributed by atoms with Crippen LogP contribution >= 0.6 is 11.6 Å². The lowest BCUT2D eigenvalue weighted by molar-refractivity contribution is -0.111. The summed E-state index contributed by atoms with van der Waals surface area (Å²) in [4.78, 5) is 25.8. The zero-order chi connectivity index (χ0) is 30.3. The minimum atomic E-state index is -0.275. The Morgan fingerprint density at radius 3 is 2.23 bits per heavy atom. The monoisotopic (exact) mass is 594 g/mol. The third-order valence-corrected chi connectivity index (χ3v) is 7.52. The van der Waals surface area contributed by atoms with E-state index in [0.717, 1.165) is 48.8 Å². The van der Waals surface area contributed by atoms with E-state index in [-0.39, 0.29) is 5.91 Å². The molecule has 2 heterocycles. The zero-order valence-corrected chi connectivity index (χ0v) is 25.1. The second-order valence-corrected chi connectivity index (χ2v) is 10.8. The van der Waals surface area contributed by atoms with Gasteiger partial charge in [-0.3, -0.25) is 4.79 Å². The Kier molecular flexibility index (Phi) is 9.24. The number of benzene rings is 3. The second-order valence-electron chi connectivity index (χ2n) is 10.3. The van der Waals surface area contributed by atoms with E-state index < -0.39 is 0 Å². The maximum absolute atomic E-state index is 11.7. The van der Waals surface area contributed by atoms with E-state index in [1.54, 1.807) is 18.3 Å². The molecule has 0 radical (unpaired) electrons. The lowest BCUT2D eigenvalue weighted by Gasteiger charge is -2.34. The summed E-state index contributed by atoms with van der Waals surface area (Å²) >= 11 is 6.47. The minimum absolute atomic E-state index is 0.275. The number of anilines is 7. The quantitative estimate of drug-likeness (QED) is 0.147. The van der Waals surface area contributed by atoms with Crippen LogP contribution in [-0.2, 0) is 4.79 Å². The van der Waals surface area contributed by atoms with Crippen LogP contribution in [0, 0.1) is 6.92 Å². The number of amides is 1. The SMILES string of the molecule is C=CC(=O)Nc1ccc(Nc2nc(Nc3ccc(N4CCN(C)CC4)cc3)ncc2C(=C)Nc2c(C)cccc2Cl)cc1. The van der Waals surface area contributed by atoms with E-state index >= 15 is 0 Å². The minimum Gasteiger partial charge on any atom is -0.369 e. The Morgan fingerprint density at radius 1 is 0.907 bits per heavy atom. The van der Waals surface area contributed by atoms with Gasteiger partial charge >= 0.3 is 0 Å². The first-order valence-corrected chi connectivity index (χ1v) is 14.4. The summed E-state index contributed by atoms with van der Waals surface area (Å²) in [6, 6.07) is 21.3. The van der Waals surface area contributed by atoms with Crippen molar-refractivity contribution in [3.8, 4) is 0 Å². The molecule has 5 rings (SSSR count). The van der Waals surface area contributed by atoms with E-state index in [2.05, 4.69) is 68.4 Å². The van der Waals surface area contributed by atoms with Gasteiger partial charge in [0.1, 0.15) is 5.82 Å². The number of aryl methyl sites for hydroxylation is 1. The van der Waals surface area contributed by atoms with Gasteiger partial charge < -0.3 is 31.1 Å². The number of hydrogen-bond donors (Lipinski definition) is 4. The van der Waals surface area contributed by atoms with Crippen LogP contribution in [0.15, 0.2) is 92.2 Å². The van der Waals surface area contributed by atoms with Gasteiger partial charge in [0.05, 0.1) is 16.3 Å². The Morgan fingerprint density at radius 2 is 1.56 bits per heavy atom. The molecule has 43 heavy (non-hydrogen) atoms. The summed E-state index contributed by atoms with van der Waals surface area (Å²) in [6.07, 6.45) is 2.95. The summed E-state index contributed by atoms with van der Waals surface area (Å²) in [5.74, 6) is 0.690. The Labute approximate surface area is 257 Å². The van der Waals surface area contributed by atoms with Crippen LogP contribution in [-0.4, -0.2) is 54.0 Å². The molecule has 3 aromatic carbocycles. The van der Waals surface area contributed by atoms with Crippen LogP contribution in [0.25, 0.3) is 5.70 Å². The molecule has 0 unspecified atom stereocenters. The van der Waals surface area contributed by atoms with Crippen molar-refractivity contribution in [1.82, 2.24) is 14.9 Å². The lowest BCUT2D eigenvalue weighted by Crippen LogP contribution is -2.44. The van der Waals surface area contributed by atoms with Gasteiger partial charge in [0.15, 0.2) is 0 Å². The first-order valence-electron chi connectivity index (χ1n) is 14.0. The molecule has 0 atom stereocenters. The topological polar surface area (TPSA) is 97.4 Å². The van der Waals surface area contributed by atoms with Crippen LogP contribution in [0.3, 0.4) is 0 Å². The highest BCUT2D eigenvalue weighted by atomic mass is 35.5. The fourth-order valence-electron chi connectivity index (χ4n) is 4.68. The number of aromatic nitrogens is 2. The molecule has 4 N–H and O–H groups in total. The number of carbonyl (C=O) groups excluding carboxylic acids is 1. The molecule has 220 valence electrons. The first kappa shape index (κ1) is 29.6. The fourth-order valence-corrected chi connectivity index (χ4v) is 4.95. The predicted octanol–water partition coefficient (Wildman–Crippen LogP) is 6.88. The van der Waals surface area contributed by atoms with E-state index in [4.69, 9.17) is 16.6 Å². The summed E-state index contributed by atoms with van der Waals surface area (Å²) < 4.78 is 0. The van der Waals surface area contributed by atoms with Crippen LogP contribution in [0.4, 0.5) is 40.2 Å². The highest BCUT2D eigenvalue weighted by Gasteiger charge is 2.16. The molecule has 0 aliphatic carbocycles. The van der Waals surface area contributed by atoms with Crippen molar-refractivity contribution in [3.05, 3.63) is 108 Å². The molecule has 1 saturated heterocycles. The number of rotatable bonds is 10. The van der Waals surface area contributed by atoms with Crippen molar-refractivity contribution < 1.29 is 4.79 Å². The zero-order valence-electron chi connectivity index (χ0n) is 24.3. The van der Waals surface area contributed by atoms with Gasteiger partial charge in [-0.25, -0.2) is 4.98 Å². The summed E-state index contributed by atoms with van der Waals surface area (Å²) in [5, 5.41) is 13.4.